The van der Waals surface area contributed by atoms with E-state index in [1.165, 1.54) is 4.90 Å². The molecule has 34 heavy (non-hydrogen) atoms. The Labute approximate surface area is 195 Å². The Balaban J connectivity index is 1.74. The molecule has 182 valence electrons. The number of sulfone groups is 1. The number of halogens is 3. The molecule has 1 aliphatic rings. The normalized spacial score (nSPS) is 17.2. The SMILES string of the molecule is CC(Oc1ccc(S(C)(=O)=O)cc1C(=O)N1CCC(COc2ccc(C#N)cc2)C1)C(F)(F)F. The van der Waals surface area contributed by atoms with Gasteiger partial charge in [-0.05, 0) is 55.8 Å². The molecule has 3 rings (SSSR count). The Hall–Kier alpha value is -3.26. The average molecular weight is 497 g/mol. The van der Waals surface area contributed by atoms with Crippen LogP contribution in [0.2, 0.25) is 0 Å². The van der Waals surface area contributed by atoms with Crippen LogP contribution in [0.1, 0.15) is 29.3 Å². The number of nitrogens with zero attached hydrogens (tertiary/aromatic N) is 2. The Bertz CT molecular complexity index is 1190. The van der Waals surface area contributed by atoms with Crippen molar-refractivity contribution < 1.29 is 35.9 Å². The highest BCUT2D eigenvalue weighted by Gasteiger charge is 2.39. The molecule has 0 spiro atoms. The number of alkyl halides is 3. The largest absolute Gasteiger partial charge is 0.493 e. The zero-order valence-corrected chi connectivity index (χ0v) is 19.3. The summed E-state index contributed by atoms with van der Waals surface area (Å²) < 4.78 is 73.7. The molecule has 2 aromatic rings. The van der Waals surface area contributed by atoms with Crippen LogP contribution in [0.25, 0.3) is 0 Å². The van der Waals surface area contributed by atoms with E-state index in [9.17, 15) is 26.4 Å². The lowest BCUT2D eigenvalue weighted by atomic mass is 10.1. The van der Waals surface area contributed by atoms with E-state index in [-0.39, 0.29) is 28.7 Å². The molecule has 11 heteroatoms. The standard InChI is InChI=1S/C23H23F3N2O5S/c1-15(23(24,25)26)33-21-8-7-19(34(2,30)31)11-20(21)22(29)28-10-9-17(13-28)14-32-18-5-3-16(12-27)4-6-18/h3-8,11,15,17H,9-10,13-14H2,1-2H3. The van der Waals surface area contributed by atoms with E-state index in [4.69, 9.17) is 14.7 Å². The van der Waals surface area contributed by atoms with Gasteiger partial charge in [-0.25, -0.2) is 8.42 Å². The van der Waals surface area contributed by atoms with Crippen molar-refractivity contribution in [3.8, 4) is 17.6 Å². The minimum Gasteiger partial charge on any atom is -0.493 e. The van der Waals surface area contributed by atoms with Crippen LogP contribution in [-0.2, 0) is 9.84 Å². The van der Waals surface area contributed by atoms with Crippen LogP contribution in [0.15, 0.2) is 47.4 Å². The van der Waals surface area contributed by atoms with E-state index in [1.807, 2.05) is 6.07 Å². The molecular weight excluding hydrogens is 473 g/mol. The summed E-state index contributed by atoms with van der Waals surface area (Å²) in [4.78, 5) is 14.4. The molecule has 1 saturated heterocycles. The van der Waals surface area contributed by atoms with Crippen molar-refractivity contribution in [2.75, 3.05) is 26.0 Å². The summed E-state index contributed by atoms with van der Waals surface area (Å²) in [7, 11) is -3.70. The first-order chi connectivity index (χ1) is 15.9. The maximum atomic E-state index is 13.2. The number of hydrogen-bond acceptors (Lipinski definition) is 6. The topological polar surface area (TPSA) is 96.7 Å². The summed E-state index contributed by atoms with van der Waals surface area (Å²) in [5.74, 6) is -0.409. The first kappa shape index (κ1) is 25.4. The van der Waals surface area contributed by atoms with Crippen molar-refractivity contribution in [3.63, 3.8) is 0 Å². The Morgan fingerprint density at radius 1 is 1.24 bits per heavy atom. The van der Waals surface area contributed by atoms with Crippen molar-refractivity contribution in [1.29, 1.82) is 5.26 Å². The molecule has 0 radical (unpaired) electrons. The smallest absolute Gasteiger partial charge is 0.425 e. The molecule has 1 amide bonds. The van der Waals surface area contributed by atoms with E-state index >= 15 is 0 Å². The van der Waals surface area contributed by atoms with Gasteiger partial charge in [-0.15, -0.1) is 0 Å². The summed E-state index contributed by atoms with van der Waals surface area (Å²) in [6.45, 7) is 1.72. The molecular formula is C23H23F3N2O5S. The van der Waals surface area contributed by atoms with Gasteiger partial charge in [-0.3, -0.25) is 4.79 Å². The number of ether oxygens (including phenoxy) is 2. The lowest BCUT2D eigenvalue weighted by Gasteiger charge is -2.22. The number of carbonyl (C=O) groups excluding carboxylic acids is 1. The van der Waals surface area contributed by atoms with Gasteiger partial charge in [0.15, 0.2) is 15.9 Å². The maximum absolute atomic E-state index is 13.2. The van der Waals surface area contributed by atoms with Crippen molar-refractivity contribution in [3.05, 3.63) is 53.6 Å². The van der Waals surface area contributed by atoms with Crippen LogP contribution >= 0.6 is 0 Å². The number of likely N-dealkylation sites (tertiary alicyclic amines) is 1. The Morgan fingerprint density at radius 3 is 2.50 bits per heavy atom. The molecule has 1 heterocycles. The molecule has 2 unspecified atom stereocenters. The Kier molecular flexibility index (Phi) is 7.41. The van der Waals surface area contributed by atoms with E-state index in [1.54, 1.807) is 24.3 Å². The number of amides is 1. The van der Waals surface area contributed by atoms with Gasteiger partial charge >= 0.3 is 6.18 Å². The van der Waals surface area contributed by atoms with Crippen molar-refractivity contribution in [1.82, 2.24) is 4.90 Å². The summed E-state index contributed by atoms with van der Waals surface area (Å²) in [5.41, 5.74) is 0.256. The van der Waals surface area contributed by atoms with Gasteiger partial charge in [0.25, 0.3) is 5.91 Å². The van der Waals surface area contributed by atoms with Crippen molar-refractivity contribution in [2.24, 2.45) is 5.92 Å². The first-order valence-electron chi connectivity index (χ1n) is 10.4. The Morgan fingerprint density at radius 2 is 1.91 bits per heavy atom. The molecule has 7 nitrogen and oxygen atoms in total. The van der Waals surface area contributed by atoms with Gasteiger partial charge in [0, 0.05) is 25.3 Å². The maximum Gasteiger partial charge on any atom is 0.425 e. The molecule has 2 atom stereocenters. The second-order valence-electron chi connectivity index (χ2n) is 8.08. The lowest BCUT2D eigenvalue weighted by Crippen LogP contribution is -2.33. The number of rotatable bonds is 7. The van der Waals surface area contributed by atoms with E-state index in [0.717, 1.165) is 31.4 Å². The summed E-state index contributed by atoms with van der Waals surface area (Å²) in [6, 6.07) is 11.8. The highest BCUT2D eigenvalue weighted by Crippen LogP contribution is 2.31. The number of carbonyl (C=O) groups is 1. The predicted molar refractivity (Wildman–Crippen MR) is 116 cm³/mol. The van der Waals surface area contributed by atoms with Gasteiger partial charge in [-0.1, -0.05) is 0 Å². The quantitative estimate of drug-likeness (QED) is 0.578. The second-order valence-corrected chi connectivity index (χ2v) is 10.1. The van der Waals surface area contributed by atoms with E-state index in [2.05, 4.69) is 0 Å². The zero-order valence-electron chi connectivity index (χ0n) is 18.5. The summed E-state index contributed by atoms with van der Waals surface area (Å²) >= 11 is 0. The lowest BCUT2D eigenvalue weighted by molar-refractivity contribution is -0.189. The average Bonchev–Trinajstić information content (AvgIpc) is 3.25. The fraction of sp³-hybridized carbons (Fsp3) is 0.391. The van der Waals surface area contributed by atoms with Crippen molar-refractivity contribution in [2.45, 2.75) is 30.5 Å². The minimum atomic E-state index is -4.66. The monoisotopic (exact) mass is 496 g/mol. The number of benzene rings is 2. The first-order valence-corrected chi connectivity index (χ1v) is 12.3. The number of hydrogen-bond donors (Lipinski definition) is 0. The predicted octanol–water partition coefficient (Wildman–Crippen LogP) is 3.83. The van der Waals surface area contributed by atoms with Gasteiger partial charge < -0.3 is 14.4 Å². The molecule has 0 aromatic heterocycles. The zero-order chi connectivity index (χ0) is 25.1. The third-order valence-electron chi connectivity index (χ3n) is 5.42. The van der Waals surface area contributed by atoms with Gasteiger partial charge in [0.1, 0.15) is 11.5 Å². The molecule has 0 bridgehead atoms. The fourth-order valence-electron chi connectivity index (χ4n) is 3.43. The highest BCUT2D eigenvalue weighted by molar-refractivity contribution is 7.90. The molecule has 0 saturated carbocycles. The van der Waals surface area contributed by atoms with Crippen LogP contribution in [0.3, 0.4) is 0 Å². The third-order valence-corrected chi connectivity index (χ3v) is 6.53. The van der Waals surface area contributed by atoms with Crippen LogP contribution in [0, 0.1) is 17.2 Å². The second kappa shape index (κ2) is 9.93. The summed E-state index contributed by atoms with van der Waals surface area (Å²) in [5, 5.41) is 8.85. The van der Waals surface area contributed by atoms with Crippen LogP contribution in [0.5, 0.6) is 11.5 Å². The van der Waals surface area contributed by atoms with E-state index < -0.39 is 28.0 Å². The van der Waals surface area contributed by atoms with E-state index in [0.29, 0.717) is 30.9 Å². The van der Waals surface area contributed by atoms with Gasteiger partial charge in [0.05, 0.1) is 28.7 Å². The minimum absolute atomic E-state index is 0.0313. The summed E-state index contributed by atoms with van der Waals surface area (Å²) in [6.07, 6.45) is -5.29. The van der Waals surface area contributed by atoms with Crippen molar-refractivity contribution >= 4 is 15.7 Å². The fourth-order valence-corrected chi connectivity index (χ4v) is 4.08. The third kappa shape index (κ3) is 6.20. The van der Waals surface area contributed by atoms with Crippen LogP contribution < -0.4 is 9.47 Å². The van der Waals surface area contributed by atoms with Crippen LogP contribution in [-0.4, -0.2) is 57.5 Å². The highest BCUT2D eigenvalue weighted by atomic mass is 32.2. The molecule has 2 aromatic carbocycles. The van der Waals surface area contributed by atoms with Gasteiger partial charge in [-0.2, -0.15) is 18.4 Å². The molecule has 0 N–H and O–H groups in total. The van der Waals surface area contributed by atoms with Crippen LogP contribution in [0.4, 0.5) is 13.2 Å². The molecule has 0 aliphatic carbocycles. The molecule has 1 fully saturated rings. The molecule has 1 aliphatic heterocycles. The van der Waals surface area contributed by atoms with Gasteiger partial charge in [0.2, 0.25) is 0 Å². The number of nitriles is 1.